The lowest BCUT2D eigenvalue weighted by atomic mass is 9.81. The second-order valence-electron chi connectivity index (χ2n) is 7.58. The maximum absolute atomic E-state index is 12.7. The summed E-state index contributed by atoms with van der Waals surface area (Å²) in [5.74, 6) is -1.06. The van der Waals surface area contributed by atoms with Crippen LogP contribution in [0.1, 0.15) is 33.6 Å². The number of carbonyl (C=O) groups excluding carboxylic acids is 2. The molecule has 1 fully saturated rings. The molecule has 0 spiro atoms. The molecule has 2 aliphatic heterocycles. The number of carbonyl (C=O) groups is 2. The summed E-state index contributed by atoms with van der Waals surface area (Å²) < 4.78 is 16.5. The van der Waals surface area contributed by atoms with Crippen LogP contribution in [0.5, 0.6) is 0 Å². The van der Waals surface area contributed by atoms with Gasteiger partial charge >= 0.3 is 11.9 Å². The molecule has 6 nitrogen and oxygen atoms in total. The van der Waals surface area contributed by atoms with Gasteiger partial charge in [0, 0.05) is 34.6 Å². The largest absolute Gasteiger partial charge is 0.462 e. The molecule has 0 N–H and O–H groups in total. The highest BCUT2D eigenvalue weighted by Crippen LogP contribution is 2.32. The zero-order valence-electron chi connectivity index (χ0n) is 17.8. The van der Waals surface area contributed by atoms with Gasteiger partial charge in [-0.1, -0.05) is 25.1 Å². The molecule has 30 heavy (non-hydrogen) atoms. The minimum atomic E-state index is -0.587. The molecule has 0 saturated carbocycles. The van der Waals surface area contributed by atoms with Crippen LogP contribution in [0.2, 0.25) is 0 Å². The van der Waals surface area contributed by atoms with Crippen molar-refractivity contribution in [2.45, 2.75) is 44.6 Å². The molecule has 7 heteroatoms. The Morgan fingerprint density at radius 1 is 1.20 bits per heavy atom. The molecule has 2 heterocycles. The number of hydrogen-bond acceptors (Lipinski definition) is 7. The maximum Gasteiger partial charge on any atom is 0.336 e. The first kappa shape index (κ1) is 22.6. The SMILES string of the molecule is CC1=NC(C)=C(C(=O)OCCSc2ccccc2)C(C)C1C(=O)OCC1CCCO1. The Kier molecular flexibility index (Phi) is 8.10. The molecular formula is C23H29NO5S. The van der Waals surface area contributed by atoms with Crippen molar-refractivity contribution in [3.8, 4) is 0 Å². The Bertz CT molecular complexity index is 814. The van der Waals surface area contributed by atoms with E-state index in [1.165, 1.54) is 0 Å². The topological polar surface area (TPSA) is 74.2 Å². The van der Waals surface area contributed by atoms with Crippen molar-refractivity contribution < 1.29 is 23.8 Å². The first-order valence-corrected chi connectivity index (χ1v) is 11.3. The van der Waals surface area contributed by atoms with Crippen molar-refractivity contribution in [3.05, 3.63) is 41.6 Å². The lowest BCUT2D eigenvalue weighted by Crippen LogP contribution is -2.37. The highest BCUT2D eigenvalue weighted by Gasteiger charge is 2.39. The van der Waals surface area contributed by atoms with Gasteiger partial charge in [0.15, 0.2) is 0 Å². The average Bonchev–Trinajstić information content (AvgIpc) is 3.24. The monoisotopic (exact) mass is 431 g/mol. The molecule has 1 aromatic rings. The average molecular weight is 432 g/mol. The third kappa shape index (κ3) is 5.73. The summed E-state index contributed by atoms with van der Waals surface area (Å²) >= 11 is 1.63. The first-order valence-electron chi connectivity index (χ1n) is 10.4. The molecule has 3 atom stereocenters. The van der Waals surface area contributed by atoms with Crippen LogP contribution in [0.15, 0.2) is 51.5 Å². The molecule has 3 unspecified atom stereocenters. The second-order valence-corrected chi connectivity index (χ2v) is 8.75. The van der Waals surface area contributed by atoms with Crippen molar-refractivity contribution in [3.63, 3.8) is 0 Å². The van der Waals surface area contributed by atoms with Gasteiger partial charge in [0.05, 0.1) is 11.7 Å². The first-order chi connectivity index (χ1) is 14.5. The molecule has 1 aromatic carbocycles. The van der Waals surface area contributed by atoms with E-state index in [0.29, 0.717) is 35.9 Å². The van der Waals surface area contributed by atoms with Crippen LogP contribution in [-0.2, 0) is 23.8 Å². The molecule has 162 valence electrons. The smallest absolute Gasteiger partial charge is 0.336 e. The van der Waals surface area contributed by atoms with Crippen LogP contribution in [-0.4, -0.2) is 49.3 Å². The number of aliphatic imine (C=N–C) groups is 1. The van der Waals surface area contributed by atoms with Crippen molar-refractivity contribution in [2.75, 3.05) is 25.6 Å². The summed E-state index contributed by atoms with van der Waals surface area (Å²) in [6.07, 6.45) is 1.86. The minimum absolute atomic E-state index is 0.0334. The predicted molar refractivity (Wildman–Crippen MR) is 117 cm³/mol. The summed E-state index contributed by atoms with van der Waals surface area (Å²) in [5, 5.41) is 0. The number of ether oxygens (including phenoxy) is 3. The molecular weight excluding hydrogens is 402 g/mol. The summed E-state index contributed by atoms with van der Waals surface area (Å²) in [7, 11) is 0. The van der Waals surface area contributed by atoms with E-state index in [1.54, 1.807) is 25.6 Å². The van der Waals surface area contributed by atoms with E-state index in [2.05, 4.69) is 4.99 Å². The number of esters is 2. The van der Waals surface area contributed by atoms with E-state index in [0.717, 1.165) is 17.7 Å². The molecule has 0 aliphatic carbocycles. The molecule has 2 aliphatic rings. The quantitative estimate of drug-likeness (QED) is 0.351. The van der Waals surface area contributed by atoms with E-state index < -0.39 is 11.9 Å². The van der Waals surface area contributed by atoms with Gasteiger partial charge in [-0.05, 0) is 38.8 Å². The van der Waals surface area contributed by atoms with Gasteiger partial charge < -0.3 is 14.2 Å². The van der Waals surface area contributed by atoms with E-state index in [4.69, 9.17) is 14.2 Å². The fourth-order valence-electron chi connectivity index (χ4n) is 3.89. The van der Waals surface area contributed by atoms with E-state index >= 15 is 0 Å². The Labute approximate surface area is 182 Å². The zero-order chi connectivity index (χ0) is 21.5. The van der Waals surface area contributed by atoms with Gasteiger partial charge in [0.2, 0.25) is 0 Å². The highest BCUT2D eigenvalue weighted by atomic mass is 32.2. The van der Waals surface area contributed by atoms with E-state index in [1.807, 2.05) is 37.3 Å². The Hall–Kier alpha value is -2.12. The molecule has 1 saturated heterocycles. The Balaban J connectivity index is 1.55. The fraction of sp³-hybridized carbons (Fsp3) is 0.522. The number of benzene rings is 1. The highest BCUT2D eigenvalue weighted by molar-refractivity contribution is 7.99. The molecule has 0 radical (unpaired) electrons. The van der Waals surface area contributed by atoms with Gasteiger partial charge in [-0.3, -0.25) is 9.79 Å². The Morgan fingerprint density at radius 3 is 2.67 bits per heavy atom. The van der Waals surface area contributed by atoms with Crippen LogP contribution >= 0.6 is 11.8 Å². The lowest BCUT2D eigenvalue weighted by molar-refractivity contribution is -0.150. The third-order valence-corrected chi connectivity index (χ3v) is 6.35. The van der Waals surface area contributed by atoms with Gasteiger partial charge in [-0.2, -0.15) is 0 Å². The molecule has 0 bridgehead atoms. The fourth-order valence-corrected chi connectivity index (χ4v) is 4.64. The number of thioether (sulfide) groups is 1. The van der Waals surface area contributed by atoms with Gasteiger partial charge in [-0.25, -0.2) is 4.79 Å². The summed E-state index contributed by atoms with van der Waals surface area (Å²) in [6.45, 7) is 6.69. The van der Waals surface area contributed by atoms with Crippen LogP contribution in [0.3, 0.4) is 0 Å². The van der Waals surface area contributed by atoms with Crippen molar-refractivity contribution in [1.29, 1.82) is 0 Å². The summed E-state index contributed by atoms with van der Waals surface area (Å²) in [6, 6.07) is 9.96. The van der Waals surface area contributed by atoms with Gasteiger partial charge in [0.1, 0.15) is 19.1 Å². The molecule has 0 aromatic heterocycles. The second kappa shape index (κ2) is 10.8. The Morgan fingerprint density at radius 2 is 1.97 bits per heavy atom. The van der Waals surface area contributed by atoms with Crippen LogP contribution in [0, 0.1) is 11.8 Å². The van der Waals surface area contributed by atoms with Crippen LogP contribution < -0.4 is 0 Å². The molecule has 0 amide bonds. The van der Waals surface area contributed by atoms with Crippen LogP contribution in [0.25, 0.3) is 0 Å². The maximum atomic E-state index is 12.7. The molecule has 3 rings (SSSR count). The standard InChI is InChI=1S/C23H29NO5S/c1-15-20(22(25)28-12-13-30-19-9-5-4-6-10-19)16(2)24-17(3)21(15)23(26)29-14-18-8-7-11-27-18/h4-6,9-10,15,18,21H,7-8,11-14H2,1-3H3. The van der Waals surface area contributed by atoms with Gasteiger partial charge in [-0.15, -0.1) is 11.8 Å². The minimum Gasteiger partial charge on any atom is -0.462 e. The predicted octanol–water partition coefficient (Wildman–Crippen LogP) is 4.04. The summed E-state index contributed by atoms with van der Waals surface area (Å²) in [4.78, 5) is 31.1. The van der Waals surface area contributed by atoms with Crippen LogP contribution in [0.4, 0.5) is 0 Å². The summed E-state index contributed by atoms with van der Waals surface area (Å²) in [5.41, 5.74) is 1.71. The normalized spacial score (nSPS) is 23.8. The van der Waals surface area contributed by atoms with Crippen molar-refractivity contribution >= 4 is 29.4 Å². The van der Waals surface area contributed by atoms with Gasteiger partial charge in [0.25, 0.3) is 0 Å². The number of allylic oxidation sites excluding steroid dienone is 1. The number of nitrogens with zero attached hydrogens (tertiary/aromatic N) is 1. The van der Waals surface area contributed by atoms with Crippen molar-refractivity contribution in [2.24, 2.45) is 16.8 Å². The van der Waals surface area contributed by atoms with E-state index in [9.17, 15) is 9.59 Å². The lowest BCUT2D eigenvalue weighted by Gasteiger charge is -2.28. The zero-order valence-corrected chi connectivity index (χ0v) is 18.6. The van der Waals surface area contributed by atoms with E-state index in [-0.39, 0.29) is 24.6 Å². The third-order valence-electron chi connectivity index (χ3n) is 5.38. The van der Waals surface area contributed by atoms with Crippen molar-refractivity contribution in [1.82, 2.24) is 0 Å². The number of rotatable bonds is 8. The number of hydrogen-bond donors (Lipinski definition) is 0.